The number of fused-ring (bicyclic) bond motifs is 2. The topological polar surface area (TPSA) is 74.3 Å². The van der Waals surface area contributed by atoms with Crippen molar-refractivity contribution in [3.05, 3.63) is 65.2 Å². The molecule has 0 N–H and O–H groups in total. The zero-order valence-corrected chi connectivity index (χ0v) is 16.6. The smallest absolute Gasteiger partial charge is 0.325 e. The summed E-state index contributed by atoms with van der Waals surface area (Å²) >= 11 is 0. The first-order valence-corrected chi connectivity index (χ1v) is 9.37. The highest BCUT2D eigenvalue weighted by molar-refractivity contribution is 6.01. The van der Waals surface area contributed by atoms with Gasteiger partial charge in [-0.2, -0.15) is 5.06 Å². The summed E-state index contributed by atoms with van der Waals surface area (Å²) in [5.41, 5.74) is 1.32. The van der Waals surface area contributed by atoms with Crippen LogP contribution in [0.4, 0.5) is 0 Å². The molecule has 152 valence electrons. The molecular formula is C22H23NO6. The normalized spacial score (nSPS) is 21.9. The Morgan fingerprint density at radius 1 is 1.00 bits per heavy atom. The molecule has 0 spiro atoms. The molecule has 2 atom stereocenters. The van der Waals surface area contributed by atoms with Crippen LogP contribution < -0.4 is 4.74 Å². The van der Waals surface area contributed by atoms with E-state index >= 15 is 0 Å². The van der Waals surface area contributed by atoms with Crippen LogP contribution in [-0.4, -0.2) is 38.3 Å². The van der Waals surface area contributed by atoms with Crippen LogP contribution in [-0.2, 0) is 30.4 Å². The van der Waals surface area contributed by atoms with Crippen LogP contribution in [0.3, 0.4) is 0 Å². The highest BCUT2D eigenvalue weighted by Gasteiger charge is 2.65. The Balaban J connectivity index is 1.79. The third-order valence-electron chi connectivity index (χ3n) is 5.76. The summed E-state index contributed by atoms with van der Waals surface area (Å²) in [5, 5.41) is 1.70. The maximum atomic E-state index is 12.9. The molecule has 3 aliphatic rings. The molecular weight excluding hydrogens is 374 g/mol. The lowest BCUT2D eigenvalue weighted by atomic mass is 9.65. The van der Waals surface area contributed by atoms with Gasteiger partial charge < -0.3 is 14.2 Å². The molecule has 0 amide bonds. The molecule has 7 heteroatoms. The molecule has 0 aromatic heterocycles. The van der Waals surface area contributed by atoms with E-state index in [0.29, 0.717) is 6.54 Å². The molecule has 2 unspecified atom stereocenters. The first-order valence-electron chi connectivity index (χ1n) is 9.37. The van der Waals surface area contributed by atoms with Gasteiger partial charge in [-0.25, -0.2) is 0 Å². The van der Waals surface area contributed by atoms with Crippen molar-refractivity contribution in [2.45, 2.75) is 25.1 Å². The van der Waals surface area contributed by atoms with Crippen LogP contribution in [0, 0.1) is 5.41 Å². The second kappa shape index (κ2) is 7.50. The van der Waals surface area contributed by atoms with Crippen molar-refractivity contribution in [2.75, 3.05) is 21.3 Å². The number of carbonyl (C=O) groups is 2. The van der Waals surface area contributed by atoms with Gasteiger partial charge in [-0.3, -0.25) is 14.4 Å². The van der Waals surface area contributed by atoms with Crippen LogP contribution in [0.5, 0.6) is 5.75 Å². The van der Waals surface area contributed by atoms with Gasteiger partial charge in [0.1, 0.15) is 11.9 Å². The number of carbonyl (C=O) groups excluding carboxylic acids is 2. The van der Waals surface area contributed by atoms with Gasteiger partial charge in [-0.1, -0.05) is 36.4 Å². The largest absolute Gasteiger partial charge is 0.497 e. The lowest BCUT2D eigenvalue weighted by Crippen LogP contribution is -2.59. The van der Waals surface area contributed by atoms with Gasteiger partial charge in [0.05, 0.1) is 27.4 Å². The van der Waals surface area contributed by atoms with E-state index in [0.717, 1.165) is 22.4 Å². The van der Waals surface area contributed by atoms with E-state index in [-0.39, 0.29) is 6.42 Å². The number of esters is 2. The third-order valence-corrected chi connectivity index (χ3v) is 5.76. The second-order valence-corrected chi connectivity index (χ2v) is 7.21. The van der Waals surface area contributed by atoms with Gasteiger partial charge in [0.2, 0.25) is 0 Å². The number of hydrogen-bond donors (Lipinski definition) is 0. The average Bonchev–Trinajstić information content (AvgIpc) is 2.78. The highest BCUT2D eigenvalue weighted by atomic mass is 16.7. The molecule has 0 radical (unpaired) electrons. The summed E-state index contributed by atoms with van der Waals surface area (Å²) in [4.78, 5) is 32.1. The summed E-state index contributed by atoms with van der Waals surface area (Å²) in [6, 6.07) is 14.6. The molecule has 5 rings (SSSR count). The van der Waals surface area contributed by atoms with E-state index in [1.165, 1.54) is 14.2 Å². The maximum absolute atomic E-state index is 12.9. The monoisotopic (exact) mass is 397 g/mol. The summed E-state index contributed by atoms with van der Waals surface area (Å²) < 4.78 is 15.4. The first-order chi connectivity index (χ1) is 14.0. The summed E-state index contributed by atoms with van der Waals surface area (Å²) in [5.74, 6) is -0.479. The predicted octanol–water partition coefficient (Wildman–Crippen LogP) is 2.96. The molecule has 1 fully saturated rings. The maximum Gasteiger partial charge on any atom is 0.325 e. The van der Waals surface area contributed by atoms with E-state index in [1.807, 2.05) is 48.5 Å². The second-order valence-electron chi connectivity index (χ2n) is 7.21. The van der Waals surface area contributed by atoms with Crippen LogP contribution in [0.15, 0.2) is 48.5 Å². The van der Waals surface area contributed by atoms with Gasteiger partial charge in [0, 0.05) is 13.0 Å². The van der Waals surface area contributed by atoms with Crippen molar-refractivity contribution in [3.8, 4) is 5.75 Å². The Morgan fingerprint density at radius 2 is 1.62 bits per heavy atom. The highest BCUT2D eigenvalue weighted by Crippen LogP contribution is 2.58. The zero-order valence-electron chi connectivity index (χ0n) is 16.6. The van der Waals surface area contributed by atoms with Gasteiger partial charge in [-0.15, -0.1) is 0 Å². The fraction of sp³-hybridized carbons (Fsp3) is 0.364. The molecule has 7 nitrogen and oxygen atoms in total. The van der Waals surface area contributed by atoms with Crippen molar-refractivity contribution >= 4 is 11.9 Å². The number of rotatable bonds is 5. The van der Waals surface area contributed by atoms with Crippen molar-refractivity contribution in [3.63, 3.8) is 0 Å². The van der Waals surface area contributed by atoms with E-state index in [9.17, 15) is 9.59 Å². The van der Waals surface area contributed by atoms with Gasteiger partial charge in [0.25, 0.3) is 0 Å². The Hall–Kier alpha value is -2.90. The van der Waals surface area contributed by atoms with Crippen LogP contribution in [0.1, 0.15) is 35.3 Å². The number of nitrogens with zero attached hydrogens (tertiary/aromatic N) is 1. The van der Waals surface area contributed by atoms with Crippen LogP contribution >= 0.6 is 0 Å². The van der Waals surface area contributed by atoms with Crippen molar-refractivity contribution in [1.82, 2.24) is 5.06 Å². The predicted molar refractivity (Wildman–Crippen MR) is 103 cm³/mol. The summed E-state index contributed by atoms with van der Waals surface area (Å²) in [6.07, 6.45) is -0.278. The van der Waals surface area contributed by atoms with Crippen molar-refractivity contribution in [2.24, 2.45) is 5.41 Å². The quantitative estimate of drug-likeness (QED) is 0.567. The standard InChI is InChI=1S/C22H23NO6/c1-26-15-10-8-14(9-11-15)13-23-19-17-7-5-4-6-16(17)18(29-23)12-22(19,20(24)27-2)21(25)28-3/h4-11,18-19H,12-13H2,1-3H3. The fourth-order valence-corrected chi connectivity index (χ4v) is 4.43. The Morgan fingerprint density at radius 3 is 2.21 bits per heavy atom. The fourth-order valence-electron chi connectivity index (χ4n) is 4.43. The molecule has 29 heavy (non-hydrogen) atoms. The number of methoxy groups -OCH3 is 3. The lowest BCUT2D eigenvalue weighted by Gasteiger charge is -2.53. The molecule has 2 heterocycles. The Kier molecular flexibility index (Phi) is 5.02. The lowest BCUT2D eigenvalue weighted by molar-refractivity contribution is -0.305. The summed E-state index contributed by atoms with van der Waals surface area (Å²) in [6.45, 7) is 0.384. The van der Waals surface area contributed by atoms with E-state index in [2.05, 4.69) is 0 Å². The molecule has 1 aliphatic carbocycles. The van der Waals surface area contributed by atoms with E-state index in [4.69, 9.17) is 19.0 Å². The van der Waals surface area contributed by atoms with Gasteiger partial charge in [0.15, 0.2) is 5.41 Å². The number of benzene rings is 2. The number of hydroxylamine groups is 2. The molecule has 2 aliphatic heterocycles. The minimum absolute atomic E-state index is 0.174. The van der Waals surface area contributed by atoms with Crippen LogP contribution in [0.2, 0.25) is 0 Å². The molecule has 1 saturated heterocycles. The number of ether oxygens (including phenoxy) is 3. The first kappa shape index (κ1) is 19.4. The molecule has 0 saturated carbocycles. The number of hydrogen-bond acceptors (Lipinski definition) is 7. The minimum atomic E-state index is -1.49. The summed E-state index contributed by atoms with van der Waals surface area (Å²) in [7, 11) is 4.19. The third kappa shape index (κ3) is 2.97. The molecule has 2 bridgehead atoms. The Bertz CT molecular complexity index is 909. The average molecular weight is 397 g/mol. The minimum Gasteiger partial charge on any atom is -0.497 e. The molecule has 2 aromatic rings. The van der Waals surface area contributed by atoms with E-state index in [1.54, 1.807) is 12.2 Å². The van der Waals surface area contributed by atoms with Gasteiger partial charge >= 0.3 is 11.9 Å². The SMILES string of the molecule is COC(=O)C1(C(=O)OC)CC2ON(Cc3ccc(OC)cc3)C1c1ccccc12. The van der Waals surface area contributed by atoms with Gasteiger partial charge in [-0.05, 0) is 28.8 Å². The molecule has 2 aromatic carbocycles. The van der Waals surface area contributed by atoms with Crippen LogP contribution in [0.25, 0.3) is 0 Å². The van der Waals surface area contributed by atoms with Crippen molar-refractivity contribution in [1.29, 1.82) is 0 Å². The van der Waals surface area contributed by atoms with E-state index < -0.39 is 29.5 Å². The van der Waals surface area contributed by atoms with Crippen molar-refractivity contribution < 1.29 is 28.6 Å². The zero-order chi connectivity index (χ0) is 20.6. The Labute approximate surface area is 169 Å².